The maximum Gasteiger partial charge on any atom is 0.143 e. The highest BCUT2D eigenvalue weighted by Gasteiger charge is 2.37. The van der Waals surface area contributed by atoms with Gasteiger partial charge in [0.05, 0.1) is 0 Å². The van der Waals surface area contributed by atoms with E-state index >= 15 is 0 Å². The topological polar surface area (TPSA) is 29.1 Å². The number of hydrogen-bond acceptors (Lipinski definition) is 2. The number of hydrogen-bond donors (Lipinski definition) is 1. The number of benzene rings is 1. The number of Topliss-reactive ketones (excluding diaryl/α,β-unsaturated/α-hetero) is 1. The van der Waals surface area contributed by atoms with Gasteiger partial charge in [0, 0.05) is 11.8 Å². The summed E-state index contributed by atoms with van der Waals surface area (Å²) < 4.78 is 13.6. The van der Waals surface area contributed by atoms with Crippen LogP contribution < -0.4 is 5.32 Å². The first kappa shape index (κ1) is 13.2. The van der Waals surface area contributed by atoms with E-state index in [1.165, 1.54) is 6.07 Å². The van der Waals surface area contributed by atoms with E-state index in [-0.39, 0.29) is 23.4 Å². The van der Waals surface area contributed by atoms with Gasteiger partial charge in [-0.05, 0) is 44.0 Å². The van der Waals surface area contributed by atoms with Gasteiger partial charge in [0.2, 0.25) is 0 Å². The van der Waals surface area contributed by atoms with Gasteiger partial charge in [0.25, 0.3) is 0 Å². The van der Waals surface area contributed by atoms with Gasteiger partial charge in [-0.25, -0.2) is 4.39 Å². The van der Waals surface area contributed by atoms with Gasteiger partial charge < -0.3 is 5.32 Å². The number of carbonyl (C=O) groups is 1. The first-order chi connectivity index (χ1) is 8.68. The van der Waals surface area contributed by atoms with Crippen LogP contribution in [0.15, 0.2) is 24.3 Å². The molecule has 1 aliphatic heterocycles. The first-order valence-corrected chi connectivity index (χ1v) is 6.65. The van der Waals surface area contributed by atoms with E-state index in [0.717, 1.165) is 32.4 Å². The van der Waals surface area contributed by atoms with Crippen molar-refractivity contribution in [3.63, 3.8) is 0 Å². The van der Waals surface area contributed by atoms with Crippen LogP contribution in [0.1, 0.15) is 31.7 Å². The number of ketones is 1. The zero-order valence-corrected chi connectivity index (χ0v) is 10.8. The standard InChI is InChI=1S/C15H20FNO/c1-2-15(7-9-17-10-8-15)14(18)11-12-5-3-4-6-13(12)16/h3-6,17H,2,7-11H2,1H3. The first-order valence-electron chi connectivity index (χ1n) is 6.65. The van der Waals surface area contributed by atoms with E-state index in [9.17, 15) is 9.18 Å². The lowest BCUT2D eigenvalue weighted by Crippen LogP contribution is -2.42. The van der Waals surface area contributed by atoms with E-state index in [1.807, 2.05) is 0 Å². The molecule has 1 aromatic rings. The van der Waals surface area contributed by atoms with Crippen molar-refractivity contribution >= 4 is 5.78 Å². The molecule has 1 N–H and O–H groups in total. The molecule has 98 valence electrons. The molecule has 1 heterocycles. The van der Waals surface area contributed by atoms with Crippen molar-refractivity contribution in [2.45, 2.75) is 32.6 Å². The number of carbonyl (C=O) groups excluding carboxylic acids is 1. The van der Waals surface area contributed by atoms with Crippen LogP contribution in [0.3, 0.4) is 0 Å². The summed E-state index contributed by atoms with van der Waals surface area (Å²) in [6, 6.07) is 6.57. The highest BCUT2D eigenvalue weighted by molar-refractivity contribution is 5.87. The van der Waals surface area contributed by atoms with Crippen LogP contribution in [0.4, 0.5) is 4.39 Å². The summed E-state index contributed by atoms with van der Waals surface area (Å²) in [5, 5.41) is 3.28. The van der Waals surface area contributed by atoms with Crippen LogP contribution in [-0.4, -0.2) is 18.9 Å². The van der Waals surface area contributed by atoms with Crippen molar-refractivity contribution in [1.29, 1.82) is 0 Å². The third-order valence-corrected chi connectivity index (χ3v) is 4.14. The Balaban J connectivity index is 2.13. The van der Waals surface area contributed by atoms with E-state index in [4.69, 9.17) is 0 Å². The Morgan fingerprint density at radius 3 is 2.61 bits per heavy atom. The molecule has 0 atom stereocenters. The Labute approximate surface area is 108 Å². The van der Waals surface area contributed by atoms with Gasteiger partial charge in [-0.1, -0.05) is 25.1 Å². The van der Waals surface area contributed by atoms with Crippen molar-refractivity contribution in [1.82, 2.24) is 5.32 Å². The summed E-state index contributed by atoms with van der Waals surface area (Å²) in [5.74, 6) is -0.0809. The van der Waals surface area contributed by atoms with Crippen molar-refractivity contribution in [2.75, 3.05) is 13.1 Å². The quantitative estimate of drug-likeness (QED) is 0.889. The Morgan fingerprint density at radius 1 is 1.33 bits per heavy atom. The van der Waals surface area contributed by atoms with Crippen molar-refractivity contribution in [3.05, 3.63) is 35.6 Å². The normalized spacial score (nSPS) is 18.6. The fraction of sp³-hybridized carbons (Fsp3) is 0.533. The lowest BCUT2D eigenvalue weighted by atomic mass is 9.71. The lowest BCUT2D eigenvalue weighted by Gasteiger charge is -2.35. The molecular weight excluding hydrogens is 229 g/mol. The van der Waals surface area contributed by atoms with Gasteiger partial charge in [-0.15, -0.1) is 0 Å². The minimum Gasteiger partial charge on any atom is -0.317 e. The van der Waals surface area contributed by atoms with Crippen LogP contribution in [0.5, 0.6) is 0 Å². The van der Waals surface area contributed by atoms with Crippen molar-refractivity contribution in [2.24, 2.45) is 5.41 Å². The highest BCUT2D eigenvalue weighted by Crippen LogP contribution is 2.34. The highest BCUT2D eigenvalue weighted by atomic mass is 19.1. The zero-order chi connectivity index (χ0) is 13.0. The molecule has 0 amide bonds. The van der Waals surface area contributed by atoms with Crippen LogP contribution in [0, 0.1) is 11.2 Å². The van der Waals surface area contributed by atoms with Gasteiger partial charge in [-0.3, -0.25) is 4.79 Å². The third-order valence-electron chi connectivity index (χ3n) is 4.14. The Morgan fingerprint density at radius 2 is 2.00 bits per heavy atom. The van der Waals surface area contributed by atoms with Crippen LogP contribution >= 0.6 is 0 Å². The average Bonchev–Trinajstić information content (AvgIpc) is 2.42. The molecule has 2 rings (SSSR count). The van der Waals surface area contributed by atoms with Gasteiger partial charge in [0.1, 0.15) is 11.6 Å². The number of piperidine rings is 1. The summed E-state index contributed by atoms with van der Waals surface area (Å²) in [4.78, 5) is 12.5. The second-order valence-electron chi connectivity index (χ2n) is 5.08. The smallest absolute Gasteiger partial charge is 0.143 e. The molecule has 3 heteroatoms. The average molecular weight is 249 g/mol. The summed E-state index contributed by atoms with van der Waals surface area (Å²) in [5.41, 5.74) is 0.280. The molecule has 0 saturated carbocycles. The summed E-state index contributed by atoms with van der Waals surface area (Å²) in [6.07, 6.45) is 2.82. The number of rotatable bonds is 4. The van der Waals surface area contributed by atoms with Gasteiger partial charge >= 0.3 is 0 Å². The molecule has 0 aromatic heterocycles. The second-order valence-corrected chi connectivity index (χ2v) is 5.08. The Kier molecular flexibility index (Phi) is 4.12. The van der Waals surface area contributed by atoms with E-state index < -0.39 is 0 Å². The van der Waals surface area contributed by atoms with E-state index in [0.29, 0.717) is 5.56 Å². The fourth-order valence-corrected chi connectivity index (χ4v) is 2.74. The molecule has 0 spiro atoms. The molecule has 0 unspecified atom stereocenters. The SMILES string of the molecule is CCC1(C(=O)Cc2ccccc2F)CCNCC1. The molecule has 0 radical (unpaired) electrons. The largest absolute Gasteiger partial charge is 0.317 e. The maximum absolute atomic E-state index is 13.6. The number of nitrogens with one attached hydrogen (secondary N) is 1. The van der Waals surface area contributed by atoms with Crippen LogP contribution in [0.25, 0.3) is 0 Å². The summed E-state index contributed by atoms with van der Waals surface area (Å²) in [6.45, 7) is 3.83. The van der Waals surface area contributed by atoms with Crippen LogP contribution in [-0.2, 0) is 11.2 Å². The summed E-state index contributed by atoms with van der Waals surface area (Å²) in [7, 11) is 0. The van der Waals surface area contributed by atoms with E-state index in [1.54, 1.807) is 18.2 Å². The molecule has 1 aromatic carbocycles. The minimum absolute atomic E-state index is 0.191. The van der Waals surface area contributed by atoms with Gasteiger partial charge in [-0.2, -0.15) is 0 Å². The second kappa shape index (κ2) is 5.61. The van der Waals surface area contributed by atoms with E-state index in [2.05, 4.69) is 12.2 Å². The predicted octanol–water partition coefficient (Wildman–Crippen LogP) is 2.72. The predicted molar refractivity (Wildman–Crippen MR) is 69.9 cm³/mol. The monoisotopic (exact) mass is 249 g/mol. The molecular formula is C15H20FNO. The van der Waals surface area contributed by atoms with Gasteiger partial charge in [0.15, 0.2) is 0 Å². The minimum atomic E-state index is -0.272. The molecule has 2 nitrogen and oxygen atoms in total. The van der Waals surface area contributed by atoms with Crippen LogP contribution in [0.2, 0.25) is 0 Å². The molecule has 1 aliphatic rings. The fourth-order valence-electron chi connectivity index (χ4n) is 2.74. The molecule has 0 aliphatic carbocycles. The number of halogens is 1. The molecule has 1 fully saturated rings. The Bertz CT molecular complexity index is 424. The van der Waals surface area contributed by atoms with Crippen molar-refractivity contribution < 1.29 is 9.18 Å². The molecule has 1 saturated heterocycles. The lowest BCUT2D eigenvalue weighted by molar-refractivity contribution is -0.129. The maximum atomic E-state index is 13.6. The molecule has 18 heavy (non-hydrogen) atoms. The zero-order valence-electron chi connectivity index (χ0n) is 10.8. The Hall–Kier alpha value is -1.22. The molecule has 0 bridgehead atoms. The van der Waals surface area contributed by atoms with Crippen molar-refractivity contribution in [3.8, 4) is 0 Å². The third kappa shape index (κ3) is 2.61. The summed E-state index contributed by atoms with van der Waals surface area (Å²) >= 11 is 0.